The van der Waals surface area contributed by atoms with Crippen LogP contribution in [0.4, 0.5) is 0 Å². The highest BCUT2D eigenvalue weighted by Gasteiger charge is 2.42. The first-order valence-corrected chi connectivity index (χ1v) is 9.40. The Hall–Kier alpha value is -1.32. The number of piperidine rings is 1. The zero-order valence-corrected chi connectivity index (χ0v) is 14.5. The van der Waals surface area contributed by atoms with Gasteiger partial charge in [-0.25, -0.2) is 0 Å². The number of aliphatic hydroxyl groups excluding tert-OH is 1. The number of fused-ring (bicyclic) bond motifs is 2. The SMILES string of the molecule is O=C(C1CC2C=CC1C2)N1CCC(C(O)c2ccc(Cl)cc2)CC1. The summed E-state index contributed by atoms with van der Waals surface area (Å²) in [5.74, 6) is 1.87. The molecule has 4 heteroatoms. The maximum absolute atomic E-state index is 12.8. The van der Waals surface area contributed by atoms with Crippen LogP contribution in [0.1, 0.15) is 37.4 Å². The van der Waals surface area contributed by atoms with Crippen LogP contribution in [0.3, 0.4) is 0 Å². The van der Waals surface area contributed by atoms with E-state index in [1.54, 1.807) is 0 Å². The van der Waals surface area contributed by atoms with E-state index < -0.39 is 6.10 Å². The summed E-state index contributed by atoms with van der Waals surface area (Å²) in [6, 6.07) is 7.43. The van der Waals surface area contributed by atoms with Crippen LogP contribution in [-0.2, 0) is 4.79 Å². The molecule has 4 atom stereocenters. The second-order valence-electron chi connectivity index (χ2n) is 7.55. The normalized spacial score (nSPS) is 30.8. The van der Waals surface area contributed by atoms with Crippen molar-refractivity contribution in [1.29, 1.82) is 0 Å². The molecule has 0 spiro atoms. The molecule has 1 saturated carbocycles. The number of allylic oxidation sites excluding steroid dienone is 2. The minimum absolute atomic E-state index is 0.206. The predicted molar refractivity (Wildman–Crippen MR) is 94.6 cm³/mol. The Morgan fingerprint density at radius 2 is 1.83 bits per heavy atom. The Bertz CT molecular complexity index is 634. The summed E-state index contributed by atoms with van der Waals surface area (Å²) in [6.07, 6.45) is 8.00. The fourth-order valence-corrected chi connectivity index (χ4v) is 4.79. The van der Waals surface area contributed by atoms with E-state index in [9.17, 15) is 9.90 Å². The van der Waals surface area contributed by atoms with Crippen LogP contribution in [0.2, 0.25) is 5.02 Å². The van der Waals surface area contributed by atoms with Crippen molar-refractivity contribution in [2.75, 3.05) is 13.1 Å². The van der Waals surface area contributed by atoms with Crippen molar-refractivity contribution in [2.45, 2.75) is 31.8 Å². The lowest BCUT2D eigenvalue weighted by Crippen LogP contribution is -2.43. The fourth-order valence-electron chi connectivity index (χ4n) is 4.67. The lowest BCUT2D eigenvalue weighted by Gasteiger charge is -2.36. The van der Waals surface area contributed by atoms with Gasteiger partial charge in [0.15, 0.2) is 0 Å². The van der Waals surface area contributed by atoms with Gasteiger partial charge in [0.05, 0.1) is 6.10 Å². The lowest BCUT2D eigenvalue weighted by atomic mass is 9.86. The number of carbonyl (C=O) groups excluding carboxylic acids is 1. The van der Waals surface area contributed by atoms with E-state index in [1.807, 2.05) is 29.2 Å². The maximum atomic E-state index is 12.8. The molecule has 1 aromatic carbocycles. The zero-order valence-electron chi connectivity index (χ0n) is 13.8. The maximum Gasteiger partial charge on any atom is 0.226 e. The molecular formula is C20H24ClNO2. The third-order valence-electron chi connectivity index (χ3n) is 6.11. The van der Waals surface area contributed by atoms with E-state index >= 15 is 0 Å². The minimum Gasteiger partial charge on any atom is -0.388 e. The van der Waals surface area contributed by atoms with Crippen LogP contribution in [0.15, 0.2) is 36.4 Å². The van der Waals surface area contributed by atoms with Gasteiger partial charge >= 0.3 is 0 Å². The van der Waals surface area contributed by atoms with Crippen LogP contribution in [0.5, 0.6) is 0 Å². The largest absolute Gasteiger partial charge is 0.388 e. The van der Waals surface area contributed by atoms with Gasteiger partial charge in [0, 0.05) is 24.0 Å². The van der Waals surface area contributed by atoms with E-state index in [-0.39, 0.29) is 11.8 Å². The van der Waals surface area contributed by atoms with E-state index in [2.05, 4.69) is 12.2 Å². The lowest BCUT2D eigenvalue weighted by molar-refractivity contribution is -0.138. The molecule has 2 aliphatic carbocycles. The molecule has 1 heterocycles. The molecule has 4 unspecified atom stereocenters. The third-order valence-corrected chi connectivity index (χ3v) is 6.36. The van der Waals surface area contributed by atoms with Gasteiger partial charge in [0.1, 0.15) is 0 Å². The Morgan fingerprint density at radius 3 is 2.42 bits per heavy atom. The van der Waals surface area contributed by atoms with Crippen molar-refractivity contribution in [3.05, 3.63) is 47.0 Å². The van der Waals surface area contributed by atoms with E-state index in [4.69, 9.17) is 11.6 Å². The standard InChI is InChI=1S/C20H24ClNO2/c21-17-5-3-14(4-6-17)19(23)15-7-9-22(10-8-15)20(24)18-12-13-1-2-16(18)11-13/h1-6,13,15-16,18-19,23H,7-12H2. The Morgan fingerprint density at radius 1 is 1.12 bits per heavy atom. The summed E-state index contributed by atoms with van der Waals surface area (Å²) >= 11 is 5.91. The van der Waals surface area contributed by atoms with Gasteiger partial charge in [0.25, 0.3) is 0 Å². The summed E-state index contributed by atoms with van der Waals surface area (Å²) < 4.78 is 0. The van der Waals surface area contributed by atoms with Crippen LogP contribution in [0, 0.1) is 23.7 Å². The summed E-state index contributed by atoms with van der Waals surface area (Å²) in [4.78, 5) is 14.8. The van der Waals surface area contributed by atoms with Gasteiger partial charge in [-0.1, -0.05) is 35.9 Å². The molecule has 3 nitrogen and oxygen atoms in total. The molecule has 128 valence electrons. The molecule has 2 bridgehead atoms. The molecule has 4 rings (SSSR count). The Labute approximate surface area is 148 Å². The molecule has 24 heavy (non-hydrogen) atoms. The van der Waals surface area contributed by atoms with E-state index in [0.717, 1.165) is 37.9 Å². The number of likely N-dealkylation sites (tertiary alicyclic amines) is 1. The highest BCUT2D eigenvalue weighted by atomic mass is 35.5. The second kappa shape index (κ2) is 6.53. The van der Waals surface area contributed by atoms with Gasteiger partial charge in [-0.05, 0) is 61.1 Å². The number of carbonyl (C=O) groups is 1. The predicted octanol–water partition coefficient (Wildman–Crippen LogP) is 3.82. The zero-order chi connectivity index (χ0) is 16.7. The molecular weight excluding hydrogens is 322 g/mol. The number of halogens is 1. The van der Waals surface area contributed by atoms with Gasteiger partial charge in [0.2, 0.25) is 5.91 Å². The summed E-state index contributed by atoms with van der Waals surface area (Å²) in [7, 11) is 0. The molecule has 1 amide bonds. The number of rotatable bonds is 3. The Balaban J connectivity index is 1.34. The molecule has 1 aliphatic heterocycles. The van der Waals surface area contributed by atoms with Crippen molar-refractivity contribution in [2.24, 2.45) is 23.7 Å². The number of benzene rings is 1. The molecule has 3 aliphatic rings. The van der Waals surface area contributed by atoms with Gasteiger partial charge in [-0.15, -0.1) is 0 Å². The minimum atomic E-state index is -0.468. The van der Waals surface area contributed by atoms with E-state index in [0.29, 0.717) is 22.8 Å². The van der Waals surface area contributed by atoms with Crippen molar-refractivity contribution < 1.29 is 9.90 Å². The number of amides is 1. The molecule has 0 radical (unpaired) electrons. The molecule has 0 aromatic heterocycles. The highest BCUT2D eigenvalue weighted by Crippen LogP contribution is 2.44. The number of aliphatic hydroxyl groups is 1. The van der Waals surface area contributed by atoms with Crippen LogP contribution in [0.25, 0.3) is 0 Å². The van der Waals surface area contributed by atoms with Crippen molar-refractivity contribution in [3.63, 3.8) is 0 Å². The average molecular weight is 346 g/mol. The van der Waals surface area contributed by atoms with Crippen molar-refractivity contribution >= 4 is 17.5 Å². The summed E-state index contributed by atoms with van der Waals surface area (Å²) in [6.45, 7) is 1.54. The quantitative estimate of drug-likeness (QED) is 0.846. The first kappa shape index (κ1) is 16.2. The summed E-state index contributed by atoms with van der Waals surface area (Å²) in [5.41, 5.74) is 0.919. The topological polar surface area (TPSA) is 40.5 Å². The van der Waals surface area contributed by atoms with Gasteiger partial charge in [-0.2, -0.15) is 0 Å². The first-order valence-electron chi connectivity index (χ1n) is 9.02. The molecule has 1 N–H and O–H groups in total. The van der Waals surface area contributed by atoms with Crippen LogP contribution >= 0.6 is 11.6 Å². The smallest absolute Gasteiger partial charge is 0.226 e. The van der Waals surface area contributed by atoms with E-state index in [1.165, 1.54) is 6.42 Å². The molecule has 1 saturated heterocycles. The van der Waals surface area contributed by atoms with Gasteiger partial charge in [-0.3, -0.25) is 4.79 Å². The van der Waals surface area contributed by atoms with Crippen LogP contribution in [-0.4, -0.2) is 29.0 Å². The number of hydrogen-bond acceptors (Lipinski definition) is 2. The molecule has 2 fully saturated rings. The highest BCUT2D eigenvalue weighted by molar-refractivity contribution is 6.30. The second-order valence-corrected chi connectivity index (χ2v) is 7.98. The summed E-state index contributed by atoms with van der Waals surface area (Å²) in [5, 5.41) is 11.3. The first-order chi connectivity index (χ1) is 11.6. The third kappa shape index (κ3) is 3.00. The Kier molecular flexibility index (Phi) is 4.40. The molecule has 1 aromatic rings. The number of nitrogens with zero attached hydrogens (tertiary/aromatic N) is 1. The average Bonchev–Trinajstić information content (AvgIpc) is 3.25. The number of hydrogen-bond donors (Lipinski definition) is 1. The van der Waals surface area contributed by atoms with Crippen LogP contribution < -0.4 is 0 Å². The van der Waals surface area contributed by atoms with Crippen molar-refractivity contribution in [3.8, 4) is 0 Å². The fraction of sp³-hybridized carbons (Fsp3) is 0.550. The van der Waals surface area contributed by atoms with Gasteiger partial charge < -0.3 is 10.0 Å². The monoisotopic (exact) mass is 345 g/mol. The van der Waals surface area contributed by atoms with Crippen molar-refractivity contribution in [1.82, 2.24) is 4.90 Å².